The van der Waals surface area contributed by atoms with Crippen LogP contribution in [-0.2, 0) is 21.5 Å². The van der Waals surface area contributed by atoms with E-state index in [0.29, 0.717) is 12.1 Å². The minimum atomic E-state index is -0.592. The number of carbonyl (C=O) groups is 2. The molecule has 2 aliphatic rings. The van der Waals surface area contributed by atoms with Crippen molar-refractivity contribution in [3.63, 3.8) is 0 Å². The molecule has 1 fully saturated rings. The molecule has 4 rings (SSSR count). The quantitative estimate of drug-likeness (QED) is 0.759. The fourth-order valence-corrected chi connectivity index (χ4v) is 4.51. The second-order valence-corrected chi connectivity index (χ2v) is 9.31. The number of fused-ring (bicyclic) bond motifs is 2. The van der Waals surface area contributed by atoms with Gasteiger partial charge in [0, 0.05) is 5.69 Å². The molecule has 0 aliphatic carbocycles. The van der Waals surface area contributed by atoms with Crippen molar-refractivity contribution < 1.29 is 19.1 Å². The summed E-state index contributed by atoms with van der Waals surface area (Å²) < 4.78 is 10.8. The summed E-state index contributed by atoms with van der Waals surface area (Å²) in [7, 11) is 1.64. The van der Waals surface area contributed by atoms with Crippen molar-refractivity contribution >= 4 is 17.6 Å². The predicted octanol–water partition coefficient (Wildman–Crippen LogP) is 3.82. The van der Waals surface area contributed by atoms with Gasteiger partial charge in [-0.05, 0) is 88.2 Å². The molecule has 0 unspecified atom stereocenters. The number of rotatable bonds is 4. The van der Waals surface area contributed by atoms with E-state index in [2.05, 4.69) is 5.32 Å². The molecule has 2 aromatic carbocycles. The molecular formula is C25H30N2O4. The largest absolute Gasteiger partial charge is 0.497 e. The third kappa shape index (κ3) is 4.04. The lowest BCUT2D eigenvalue weighted by atomic mass is 9.74. The highest BCUT2D eigenvalue weighted by atomic mass is 16.6. The molecule has 6 heteroatoms. The zero-order valence-electron chi connectivity index (χ0n) is 18.7. The van der Waals surface area contributed by atoms with Crippen molar-refractivity contribution in [1.29, 1.82) is 0 Å². The van der Waals surface area contributed by atoms with Gasteiger partial charge >= 0.3 is 5.97 Å². The van der Waals surface area contributed by atoms with E-state index >= 15 is 0 Å². The molecular weight excluding hydrogens is 392 g/mol. The van der Waals surface area contributed by atoms with Gasteiger partial charge in [0.2, 0.25) is 5.91 Å². The first-order chi connectivity index (χ1) is 14.7. The number of piperidine rings is 1. The van der Waals surface area contributed by atoms with Gasteiger partial charge in [-0.15, -0.1) is 0 Å². The van der Waals surface area contributed by atoms with Crippen LogP contribution in [0.15, 0.2) is 42.5 Å². The van der Waals surface area contributed by atoms with Crippen molar-refractivity contribution in [3.8, 4) is 5.75 Å². The lowest BCUT2D eigenvalue weighted by molar-refractivity contribution is -0.124. The third-order valence-electron chi connectivity index (χ3n) is 6.05. The van der Waals surface area contributed by atoms with E-state index < -0.39 is 11.0 Å². The summed E-state index contributed by atoms with van der Waals surface area (Å²) in [5.41, 5.74) is 2.18. The van der Waals surface area contributed by atoms with Crippen LogP contribution in [0.4, 0.5) is 5.69 Å². The molecule has 6 nitrogen and oxygen atoms in total. The second-order valence-electron chi connectivity index (χ2n) is 9.31. The molecule has 31 heavy (non-hydrogen) atoms. The Kier molecular flexibility index (Phi) is 5.52. The number of carbonyl (C=O) groups excluding carboxylic acids is 2. The summed E-state index contributed by atoms with van der Waals surface area (Å²) in [4.78, 5) is 28.3. The first kappa shape index (κ1) is 21.4. The zero-order chi connectivity index (χ0) is 22.2. The molecule has 1 spiro atoms. The number of ether oxygens (including phenoxy) is 2. The van der Waals surface area contributed by atoms with Gasteiger partial charge in [-0.1, -0.05) is 12.1 Å². The number of amides is 1. The Bertz CT molecular complexity index is 986. The van der Waals surface area contributed by atoms with E-state index in [1.807, 2.05) is 62.1 Å². The number of nitrogens with one attached hydrogen (secondary N) is 1. The number of esters is 1. The van der Waals surface area contributed by atoms with E-state index in [4.69, 9.17) is 9.47 Å². The van der Waals surface area contributed by atoms with Crippen LogP contribution in [0, 0.1) is 0 Å². The van der Waals surface area contributed by atoms with E-state index in [-0.39, 0.29) is 11.9 Å². The van der Waals surface area contributed by atoms with Crippen LogP contribution >= 0.6 is 0 Å². The molecule has 1 saturated heterocycles. The molecule has 0 bridgehead atoms. The highest BCUT2D eigenvalue weighted by Crippen LogP contribution is 2.48. The van der Waals surface area contributed by atoms with Crippen LogP contribution < -0.4 is 15.0 Å². The van der Waals surface area contributed by atoms with Crippen molar-refractivity contribution in [2.24, 2.45) is 0 Å². The van der Waals surface area contributed by atoms with Gasteiger partial charge in [-0.2, -0.15) is 0 Å². The first-order valence-corrected chi connectivity index (χ1v) is 10.8. The van der Waals surface area contributed by atoms with Crippen LogP contribution in [0.1, 0.15) is 55.1 Å². The van der Waals surface area contributed by atoms with Gasteiger partial charge in [0.05, 0.1) is 24.6 Å². The van der Waals surface area contributed by atoms with Gasteiger partial charge in [-0.25, -0.2) is 4.79 Å². The van der Waals surface area contributed by atoms with Crippen molar-refractivity contribution in [3.05, 3.63) is 59.2 Å². The summed E-state index contributed by atoms with van der Waals surface area (Å²) in [5, 5.41) is 3.36. The maximum Gasteiger partial charge on any atom is 0.338 e. The second kappa shape index (κ2) is 8.00. The highest BCUT2D eigenvalue weighted by Gasteiger charge is 2.51. The number of hydrogen-bond donors (Lipinski definition) is 1. The Morgan fingerprint density at radius 1 is 1.10 bits per heavy atom. The standard InChI is InChI=1S/C25H30N2O4/c1-24(2,3)31-22(28)18-7-10-21-20(15-18)25(11-13-26-14-12-25)23(29)27(21)16-17-5-8-19(30-4)9-6-17/h5-10,15,26H,11-14,16H2,1-4H3. The lowest BCUT2D eigenvalue weighted by Gasteiger charge is -2.33. The summed E-state index contributed by atoms with van der Waals surface area (Å²) >= 11 is 0. The fourth-order valence-electron chi connectivity index (χ4n) is 4.51. The van der Waals surface area contributed by atoms with Gasteiger partial charge in [0.15, 0.2) is 0 Å². The van der Waals surface area contributed by atoms with Crippen LogP contribution in [0.3, 0.4) is 0 Å². The molecule has 1 N–H and O–H groups in total. The summed E-state index contributed by atoms with van der Waals surface area (Å²) in [6.07, 6.45) is 1.44. The summed E-state index contributed by atoms with van der Waals surface area (Å²) in [6, 6.07) is 13.3. The highest BCUT2D eigenvalue weighted by molar-refractivity contribution is 6.09. The molecule has 164 valence electrons. The van der Waals surface area contributed by atoms with Gasteiger partial charge in [0.25, 0.3) is 0 Å². The van der Waals surface area contributed by atoms with Crippen molar-refractivity contribution in [2.45, 2.75) is 51.2 Å². The number of anilines is 1. The predicted molar refractivity (Wildman–Crippen MR) is 120 cm³/mol. The summed E-state index contributed by atoms with van der Waals surface area (Å²) in [6.45, 7) is 7.60. The molecule has 0 aromatic heterocycles. The monoisotopic (exact) mass is 422 g/mol. The lowest BCUT2D eigenvalue weighted by Crippen LogP contribution is -2.47. The average molecular weight is 423 g/mol. The Morgan fingerprint density at radius 2 is 1.77 bits per heavy atom. The Balaban J connectivity index is 1.71. The van der Waals surface area contributed by atoms with Gasteiger partial charge in [-0.3, -0.25) is 4.79 Å². The number of nitrogens with zero attached hydrogens (tertiary/aromatic N) is 1. The van der Waals surface area contributed by atoms with Crippen LogP contribution in [0.2, 0.25) is 0 Å². The van der Waals surface area contributed by atoms with Gasteiger partial charge < -0.3 is 19.7 Å². The molecule has 0 atom stereocenters. The molecule has 2 heterocycles. The number of benzene rings is 2. The normalized spacial score (nSPS) is 17.5. The Morgan fingerprint density at radius 3 is 2.39 bits per heavy atom. The minimum absolute atomic E-state index is 0.112. The maximum atomic E-state index is 13.7. The number of methoxy groups -OCH3 is 1. The molecule has 0 saturated carbocycles. The van der Waals surface area contributed by atoms with Crippen LogP contribution in [0.25, 0.3) is 0 Å². The average Bonchev–Trinajstić information content (AvgIpc) is 2.96. The van der Waals surface area contributed by atoms with E-state index in [9.17, 15) is 9.59 Å². The van der Waals surface area contributed by atoms with E-state index in [0.717, 1.165) is 48.5 Å². The molecule has 0 radical (unpaired) electrons. The Labute approximate surface area is 183 Å². The van der Waals surface area contributed by atoms with Gasteiger partial charge in [0.1, 0.15) is 11.4 Å². The molecule has 2 aromatic rings. The topological polar surface area (TPSA) is 67.9 Å². The number of hydrogen-bond acceptors (Lipinski definition) is 5. The van der Waals surface area contributed by atoms with E-state index in [1.54, 1.807) is 13.2 Å². The van der Waals surface area contributed by atoms with Crippen LogP contribution in [-0.4, -0.2) is 37.7 Å². The van der Waals surface area contributed by atoms with Crippen LogP contribution in [0.5, 0.6) is 5.75 Å². The fraction of sp³-hybridized carbons (Fsp3) is 0.440. The maximum absolute atomic E-state index is 13.7. The molecule has 1 amide bonds. The summed E-state index contributed by atoms with van der Waals surface area (Å²) in [5.74, 6) is 0.537. The third-order valence-corrected chi connectivity index (χ3v) is 6.05. The first-order valence-electron chi connectivity index (χ1n) is 10.8. The van der Waals surface area contributed by atoms with Crippen molar-refractivity contribution in [1.82, 2.24) is 5.32 Å². The van der Waals surface area contributed by atoms with Crippen molar-refractivity contribution in [2.75, 3.05) is 25.1 Å². The minimum Gasteiger partial charge on any atom is -0.497 e. The Hall–Kier alpha value is -2.86. The van der Waals surface area contributed by atoms with E-state index in [1.165, 1.54) is 0 Å². The SMILES string of the molecule is COc1ccc(CN2C(=O)C3(CCNCC3)c3cc(C(=O)OC(C)(C)C)ccc32)cc1. The smallest absolute Gasteiger partial charge is 0.338 e. The zero-order valence-corrected chi connectivity index (χ0v) is 18.7. The molecule has 2 aliphatic heterocycles.